The zero-order valence-electron chi connectivity index (χ0n) is 10.5. The normalized spacial score (nSPS) is 27.5. The summed E-state index contributed by atoms with van der Waals surface area (Å²) < 4.78 is 0. The molecule has 2 fully saturated rings. The summed E-state index contributed by atoms with van der Waals surface area (Å²) in [5, 5.41) is 0. The van der Waals surface area contributed by atoms with E-state index in [9.17, 15) is 4.79 Å². The maximum atomic E-state index is 12.4. The van der Waals surface area contributed by atoms with Gasteiger partial charge in [-0.05, 0) is 31.2 Å². The summed E-state index contributed by atoms with van der Waals surface area (Å²) in [6.07, 6.45) is 2.20. The molecule has 1 saturated heterocycles. The van der Waals surface area contributed by atoms with Crippen LogP contribution in [0.25, 0.3) is 0 Å². The van der Waals surface area contributed by atoms with Crippen LogP contribution >= 0.6 is 0 Å². The largest absolute Gasteiger partial charge is 0.335 e. The lowest BCUT2D eigenvalue weighted by Gasteiger charge is -2.25. The predicted molar refractivity (Wildman–Crippen MR) is 67.4 cm³/mol. The van der Waals surface area contributed by atoms with Gasteiger partial charge in [0.1, 0.15) is 0 Å². The number of carbonyl (C=O) groups excluding carboxylic acids is 1. The molecule has 0 radical (unpaired) electrons. The molecule has 0 aromatic heterocycles. The zero-order chi connectivity index (χ0) is 12.0. The number of likely N-dealkylation sites (tertiary alicyclic amines) is 1. The van der Waals surface area contributed by atoms with Gasteiger partial charge in [0.25, 0.3) is 0 Å². The summed E-state index contributed by atoms with van der Waals surface area (Å²) in [6.45, 7) is 5.29. The number of carbonyl (C=O) groups is 1. The van der Waals surface area contributed by atoms with Crippen molar-refractivity contribution in [3.05, 3.63) is 35.9 Å². The molecule has 2 atom stereocenters. The molecule has 0 unspecified atom stereocenters. The lowest BCUT2D eigenvalue weighted by molar-refractivity contribution is -0.134. The molecule has 1 heterocycles. The Morgan fingerprint density at radius 2 is 1.94 bits per heavy atom. The number of nitrogens with zero attached hydrogens (tertiary/aromatic N) is 1. The summed E-state index contributed by atoms with van der Waals surface area (Å²) in [7, 11) is 0. The van der Waals surface area contributed by atoms with Crippen LogP contribution in [0.4, 0.5) is 0 Å². The lowest BCUT2D eigenvalue weighted by atomic mass is 9.94. The Morgan fingerprint density at radius 3 is 2.47 bits per heavy atom. The highest BCUT2D eigenvalue weighted by molar-refractivity contribution is 5.88. The van der Waals surface area contributed by atoms with Crippen LogP contribution in [0.15, 0.2) is 30.3 Å². The number of hydrogen-bond donors (Lipinski definition) is 0. The van der Waals surface area contributed by atoms with E-state index in [0.29, 0.717) is 11.8 Å². The highest BCUT2D eigenvalue weighted by Crippen LogP contribution is 2.58. The van der Waals surface area contributed by atoms with E-state index in [0.717, 1.165) is 19.4 Å². The second-order valence-corrected chi connectivity index (χ2v) is 5.60. The van der Waals surface area contributed by atoms with E-state index in [-0.39, 0.29) is 11.5 Å². The van der Waals surface area contributed by atoms with Gasteiger partial charge in [0.15, 0.2) is 0 Å². The van der Waals surface area contributed by atoms with Crippen LogP contribution in [-0.4, -0.2) is 17.4 Å². The van der Waals surface area contributed by atoms with Gasteiger partial charge in [0, 0.05) is 6.54 Å². The molecule has 3 rings (SSSR count). The van der Waals surface area contributed by atoms with Gasteiger partial charge in [-0.3, -0.25) is 4.79 Å². The van der Waals surface area contributed by atoms with Crippen LogP contribution in [0.5, 0.6) is 0 Å². The van der Waals surface area contributed by atoms with Crippen molar-refractivity contribution in [2.24, 2.45) is 11.3 Å². The molecular weight excluding hydrogens is 210 g/mol. The summed E-state index contributed by atoms with van der Waals surface area (Å²) in [4.78, 5) is 14.5. The van der Waals surface area contributed by atoms with E-state index in [1.54, 1.807) is 0 Å². The molecule has 2 nitrogen and oxygen atoms in total. The second kappa shape index (κ2) is 3.59. The van der Waals surface area contributed by atoms with Gasteiger partial charge in [-0.1, -0.05) is 37.3 Å². The van der Waals surface area contributed by atoms with Crippen molar-refractivity contribution < 1.29 is 4.79 Å². The number of rotatable bonds is 2. The Labute approximate surface area is 103 Å². The van der Waals surface area contributed by atoms with E-state index in [4.69, 9.17) is 0 Å². The maximum absolute atomic E-state index is 12.4. The molecule has 1 spiro atoms. The first-order chi connectivity index (χ1) is 8.15. The molecule has 0 N–H and O–H groups in total. The topological polar surface area (TPSA) is 20.3 Å². The molecule has 0 bridgehead atoms. The fourth-order valence-corrected chi connectivity index (χ4v) is 3.14. The van der Waals surface area contributed by atoms with E-state index in [2.05, 4.69) is 30.9 Å². The van der Waals surface area contributed by atoms with Crippen LogP contribution in [0.3, 0.4) is 0 Å². The van der Waals surface area contributed by atoms with Gasteiger partial charge in [0.2, 0.25) is 5.91 Å². The van der Waals surface area contributed by atoms with E-state index < -0.39 is 0 Å². The Bertz CT molecular complexity index is 435. The highest BCUT2D eigenvalue weighted by atomic mass is 16.2. The monoisotopic (exact) mass is 229 g/mol. The molecule has 90 valence electrons. The summed E-state index contributed by atoms with van der Waals surface area (Å²) in [5.74, 6) is 0.919. The third kappa shape index (κ3) is 1.50. The van der Waals surface area contributed by atoms with Crippen LogP contribution < -0.4 is 0 Å². The molecule has 1 aliphatic heterocycles. The average Bonchev–Trinajstić information content (AvgIpc) is 3.12. The van der Waals surface area contributed by atoms with Gasteiger partial charge in [-0.15, -0.1) is 0 Å². The zero-order valence-corrected chi connectivity index (χ0v) is 10.5. The van der Waals surface area contributed by atoms with Crippen LogP contribution in [0.1, 0.15) is 38.3 Å². The molecular formula is C15H19NO. The van der Waals surface area contributed by atoms with Gasteiger partial charge in [-0.2, -0.15) is 0 Å². The molecule has 1 saturated carbocycles. The molecule has 1 aromatic carbocycles. The van der Waals surface area contributed by atoms with Crippen molar-refractivity contribution in [3.63, 3.8) is 0 Å². The smallest absolute Gasteiger partial charge is 0.229 e. The van der Waals surface area contributed by atoms with Crippen molar-refractivity contribution in [3.8, 4) is 0 Å². The van der Waals surface area contributed by atoms with Crippen molar-refractivity contribution in [2.45, 2.75) is 32.7 Å². The van der Waals surface area contributed by atoms with E-state index in [1.807, 2.05) is 18.2 Å². The molecule has 1 aromatic rings. The standard InChI is InChI=1S/C15H19NO/c1-11-10-16(14(17)15(11)8-9-15)12(2)13-6-4-3-5-7-13/h3-7,11-12H,8-10H2,1-2H3/t11-,12+/m0/s1. The molecule has 1 amide bonds. The predicted octanol–water partition coefficient (Wildman–Crippen LogP) is 3.01. The fourth-order valence-electron chi connectivity index (χ4n) is 3.14. The van der Waals surface area contributed by atoms with Crippen molar-refractivity contribution in [1.29, 1.82) is 0 Å². The average molecular weight is 229 g/mol. The second-order valence-electron chi connectivity index (χ2n) is 5.60. The lowest BCUT2D eigenvalue weighted by Crippen LogP contribution is -2.30. The maximum Gasteiger partial charge on any atom is 0.229 e. The molecule has 17 heavy (non-hydrogen) atoms. The van der Waals surface area contributed by atoms with Gasteiger partial charge in [0.05, 0.1) is 11.5 Å². The Morgan fingerprint density at radius 1 is 1.29 bits per heavy atom. The Kier molecular flexibility index (Phi) is 2.29. The minimum atomic E-state index is 0.0308. The fraction of sp³-hybridized carbons (Fsp3) is 0.533. The van der Waals surface area contributed by atoms with Crippen molar-refractivity contribution >= 4 is 5.91 Å². The van der Waals surface area contributed by atoms with Crippen molar-refractivity contribution in [1.82, 2.24) is 4.90 Å². The van der Waals surface area contributed by atoms with E-state index >= 15 is 0 Å². The molecule has 2 aliphatic rings. The first-order valence-electron chi connectivity index (χ1n) is 6.51. The quantitative estimate of drug-likeness (QED) is 0.763. The SMILES string of the molecule is C[C@H](c1ccccc1)N1C[C@H](C)C2(CC2)C1=O. The van der Waals surface area contributed by atoms with Crippen LogP contribution in [0.2, 0.25) is 0 Å². The van der Waals surface area contributed by atoms with E-state index in [1.165, 1.54) is 5.56 Å². The third-order valence-corrected chi connectivity index (χ3v) is 4.64. The third-order valence-electron chi connectivity index (χ3n) is 4.64. The number of amides is 1. The Balaban J connectivity index is 1.84. The first kappa shape index (κ1) is 10.8. The molecule has 1 aliphatic carbocycles. The minimum absolute atomic E-state index is 0.0308. The van der Waals surface area contributed by atoms with Gasteiger partial charge >= 0.3 is 0 Å². The molecule has 2 heteroatoms. The minimum Gasteiger partial charge on any atom is -0.335 e. The number of benzene rings is 1. The van der Waals surface area contributed by atoms with Gasteiger partial charge < -0.3 is 4.90 Å². The number of hydrogen-bond acceptors (Lipinski definition) is 1. The summed E-state index contributed by atoms with van der Waals surface area (Å²) in [5.41, 5.74) is 1.27. The van der Waals surface area contributed by atoms with Crippen LogP contribution in [0, 0.1) is 11.3 Å². The first-order valence-corrected chi connectivity index (χ1v) is 6.51. The summed E-state index contributed by atoms with van der Waals surface area (Å²) in [6, 6.07) is 10.5. The summed E-state index contributed by atoms with van der Waals surface area (Å²) >= 11 is 0. The van der Waals surface area contributed by atoms with Gasteiger partial charge in [-0.25, -0.2) is 0 Å². The van der Waals surface area contributed by atoms with Crippen molar-refractivity contribution in [2.75, 3.05) is 6.54 Å². The van der Waals surface area contributed by atoms with Crippen LogP contribution in [-0.2, 0) is 4.79 Å². The highest BCUT2D eigenvalue weighted by Gasteiger charge is 2.60. The Hall–Kier alpha value is -1.31.